The molecule has 20 heavy (non-hydrogen) atoms. The summed E-state index contributed by atoms with van der Waals surface area (Å²) in [6, 6.07) is 1.63. The number of carbonyl (C=O) groups excluding carboxylic acids is 1. The Balaban J connectivity index is 2.39. The number of non-ortho nitro benzene ring substituents is 1. The van der Waals surface area contributed by atoms with Gasteiger partial charge in [-0.2, -0.15) is 13.2 Å². The van der Waals surface area contributed by atoms with Crippen molar-refractivity contribution in [1.82, 2.24) is 4.90 Å². The summed E-state index contributed by atoms with van der Waals surface area (Å²) >= 11 is 0. The van der Waals surface area contributed by atoms with E-state index in [-0.39, 0.29) is 13.1 Å². The van der Waals surface area contributed by atoms with Gasteiger partial charge in [-0.15, -0.1) is 0 Å². The van der Waals surface area contributed by atoms with Crippen molar-refractivity contribution in [3.63, 3.8) is 0 Å². The van der Waals surface area contributed by atoms with Gasteiger partial charge in [0.2, 0.25) is 0 Å². The smallest absolute Gasteiger partial charge is 0.333 e. The van der Waals surface area contributed by atoms with E-state index in [1.807, 2.05) is 0 Å². The molecule has 0 N–H and O–H groups in total. The molecule has 0 saturated carbocycles. The van der Waals surface area contributed by atoms with Crippen LogP contribution in [0.5, 0.6) is 0 Å². The quantitative estimate of drug-likeness (QED) is 0.477. The number of alkyl halides is 4. The summed E-state index contributed by atoms with van der Waals surface area (Å²) in [5.41, 5.74) is -2.59. The minimum Gasteiger partial charge on any atom is -0.333 e. The molecule has 2 rings (SSSR count). The van der Waals surface area contributed by atoms with Crippen LogP contribution in [-0.4, -0.2) is 35.0 Å². The molecule has 0 aliphatic carbocycles. The van der Waals surface area contributed by atoms with Crippen LogP contribution in [0.2, 0.25) is 0 Å². The van der Waals surface area contributed by atoms with Crippen LogP contribution in [0.25, 0.3) is 0 Å². The number of nitrogens with zero attached hydrogens (tertiary/aromatic N) is 2. The summed E-state index contributed by atoms with van der Waals surface area (Å²) in [6.07, 6.45) is -6.02. The molecule has 0 unspecified atom stereocenters. The number of halogens is 4. The highest BCUT2D eigenvalue weighted by atomic mass is 19.4. The first kappa shape index (κ1) is 14.2. The summed E-state index contributed by atoms with van der Waals surface area (Å²) in [4.78, 5) is 22.4. The van der Waals surface area contributed by atoms with Crippen molar-refractivity contribution in [2.45, 2.75) is 12.3 Å². The number of rotatable bonds is 2. The first-order valence-electron chi connectivity index (χ1n) is 5.48. The Labute approximate surface area is 109 Å². The highest BCUT2D eigenvalue weighted by Crippen LogP contribution is 2.33. The third kappa shape index (κ3) is 2.70. The van der Waals surface area contributed by atoms with Gasteiger partial charge in [-0.1, -0.05) is 0 Å². The Hall–Kier alpha value is -2.19. The number of hydrogen-bond acceptors (Lipinski definition) is 3. The van der Waals surface area contributed by atoms with Crippen molar-refractivity contribution < 1.29 is 27.3 Å². The lowest BCUT2D eigenvalue weighted by Gasteiger charge is -2.34. The van der Waals surface area contributed by atoms with Gasteiger partial charge in [0.1, 0.15) is 6.17 Å². The maximum atomic E-state index is 12.6. The molecular formula is C11H8F4N2O3. The number of carbonyl (C=O) groups is 1. The van der Waals surface area contributed by atoms with Crippen LogP contribution in [0.3, 0.4) is 0 Å². The van der Waals surface area contributed by atoms with Crippen molar-refractivity contribution in [3.05, 3.63) is 39.4 Å². The lowest BCUT2D eigenvalue weighted by atomic mass is 10.1. The third-order valence-corrected chi connectivity index (χ3v) is 2.83. The van der Waals surface area contributed by atoms with Crippen LogP contribution < -0.4 is 0 Å². The summed E-state index contributed by atoms with van der Waals surface area (Å²) < 4.78 is 50.5. The molecule has 1 aromatic rings. The Morgan fingerprint density at radius 2 is 1.90 bits per heavy atom. The van der Waals surface area contributed by atoms with E-state index < -0.39 is 40.0 Å². The maximum absolute atomic E-state index is 12.6. The summed E-state index contributed by atoms with van der Waals surface area (Å²) in [6.45, 7) is -0.439. The molecule has 1 amide bonds. The highest BCUT2D eigenvalue weighted by Gasteiger charge is 2.36. The molecule has 1 fully saturated rings. The maximum Gasteiger partial charge on any atom is 0.416 e. The number of amides is 1. The highest BCUT2D eigenvalue weighted by molar-refractivity contribution is 5.95. The van der Waals surface area contributed by atoms with E-state index in [4.69, 9.17) is 0 Å². The Morgan fingerprint density at radius 1 is 1.30 bits per heavy atom. The van der Waals surface area contributed by atoms with Gasteiger partial charge < -0.3 is 4.90 Å². The molecule has 0 aromatic heterocycles. The van der Waals surface area contributed by atoms with Crippen LogP contribution in [0, 0.1) is 10.1 Å². The van der Waals surface area contributed by atoms with Gasteiger partial charge in [0, 0.05) is 17.7 Å². The van der Waals surface area contributed by atoms with Gasteiger partial charge in [0.25, 0.3) is 11.6 Å². The van der Waals surface area contributed by atoms with Crippen LogP contribution >= 0.6 is 0 Å². The van der Waals surface area contributed by atoms with E-state index in [1.54, 1.807) is 0 Å². The van der Waals surface area contributed by atoms with Gasteiger partial charge in [-0.05, 0) is 6.07 Å². The molecule has 5 nitrogen and oxygen atoms in total. The van der Waals surface area contributed by atoms with Gasteiger partial charge in [0.15, 0.2) is 0 Å². The van der Waals surface area contributed by atoms with Gasteiger partial charge >= 0.3 is 6.18 Å². The summed E-state index contributed by atoms with van der Waals surface area (Å²) in [5, 5.41) is 10.6. The SMILES string of the molecule is O=C(c1cc([N+](=O)[O-])cc(C(F)(F)F)c1)N1CC(F)C1. The van der Waals surface area contributed by atoms with Gasteiger partial charge in [-0.3, -0.25) is 14.9 Å². The number of likely N-dealkylation sites (tertiary alicyclic amines) is 1. The number of benzene rings is 1. The predicted octanol–water partition coefficient (Wildman–Crippen LogP) is 2.41. The number of nitro groups is 1. The molecule has 0 bridgehead atoms. The molecule has 108 valence electrons. The normalized spacial score (nSPS) is 15.9. The molecule has 1 saturated heterocycles. The van der Waals surface area contributed by atoms with Crippen LogP contribution in [-0.2, 0) is 6.18 Å². The molecule has 1 heterocycles. The van der Waals surface area contributed by atoms with Crippen LogP contribution in [0.15, 0.2) is 18.2 Å². The number of hydrogen-bond donors (Lipinski definition) is 0. The molecule has 0 spiro atoms. The first-order chi connectivity index (χ1) is 9.18. The summed E-state index contributed by atoms with van der Waals surface area (Å²) in [5.74, 6) is -0.854. The fraction of sp³-hybridized carbons (Fsp3) is 0.364. The predicted molar refractivity (Wildman–Crippen MR) is 58.9 cm³/mol. The first-order valence-corrected chi connectivity index (χ1v) is 5.48. The molecule has 0 radical (unpaired) electrons. The average Bonchev–Trinajstić information content (AvgIpc) is 2.32. The Kier molecular flexibility index (Phi) is 3.36. The molecular weight excluding hydrogens is 284 g/mol. The second-order valence-electron chi connectivity index (χ2n) is 4.33. The average molecular weight is 292 g/mol. The van der Waals surface area contributed by atoms with Gasteiger partial charge in [-0.25, -0.2) is 4.39 Å². The molecule has 1 aliphatic rings. The van der Waals surface area contributed by atoms with Crippen molar-refractivity contribution >= 4 is 11.6 Å². The second-order valence-corrected chi connectivity index (χ2v) is 4.33. The van der Waals surface area contributed by atoms with E-state index >= 15 is 0 Å². The van der Waals surface area contributed by atoms with Crippen molar-refractivity contribution in [1.29, 1.82) is 0 Å². The van der Waals surface area contributed by atoms with E-state index in [2.05, 4.69) is 0 Å². The molecule has 0 atom stereocenters. The van der Waals surface area contributed by atoms with Crippen LogP contribution in [0.1, 0.15) is 15.9 Å². The third-order valence-electron chi connectivity index (χ3n) is 2.83. The summed E-state index contributed by atoms with van der Waals surface area (Å²) in [7, 11) is 0. The van der Waals surface area contributed by atoms with E-state index in [9.17, 15) is 32.5 Å². The molecule has 9 heteroatoms. The largest absolute Gasteiger partial charge is 0.416 e. The zero-order valence-corrected chi connectivity index (χ0v) is 9.85. The standard InChI is InChI=1S/C11H8F4N2O3/c12-8-4-16(5-8)10(18)6-1-7(11(13,14)15)3-9(2-6)17(19)20/h1-3,8H,4-5H2. The Bertz CT molecular complexity index is 567. The van der Waals surface area contributed by atoms with E-state index in [0.717, 1.165) is 11.0 Å². The monoisotopic (exact) mass is 292 g/mol. The van der Waals surface area contributed by atoms with E-state index in [0.29, 0.717) is 12.1 Å². The zero-order chi connectivity index (χ0) is 15.1. The van der Waals surface area contributed by atoms with Crippen LogP contribution in [0.4, 0.5) is 23.2 Å². The topological polar surface area (TPSA) is 63.4 Å². The fourth-order valence-electron chi connectivity index (χ4n) is 1.78. The molecule has 1 aromatic carbocycles. The van der Waals surface area contributed by atoms with Crippen molar-refractivity contribution in [3.8, 4) is 0 Å². The lowest BCUT2D eigenvalue weighted by Crippen LogP contribution is -2.51. The zero-order valence-electron chi connectivity index (χ0n) is 9.85. The molecule has 1 aliphatic heterocycles. The second kappa shape index (κ2) is 4.73. The van der Waals surface area contributed by atoms with Crippen molar-refractivity contribution in [2.24, 2.45) is 0 Å². The van der Waals surface area contributed by atoms with Gasteiger partial charge in [0.05, 0.1) is 23.6 Å². The fourth-order valence-corrected chi connectivity index (χ4v) is 1.78. The minimum atomic E-state index is -4.81. The minimum absolute atomic E-state index is 0.219. The van der Waals surface area contributed by atoms with E-state index in [1.165, 1.54) is 0 Å². The Morgan fingerprint density at radius 3 is 2.35 bits per heavy atom. The van der Waals surface area contributed by atoms with Crippen molar-refractivity contribution in [2.75, 3.05) is 13.1 Å². The lowest BCUT2D eigenvalue weighted by molar-refractivity contribution is -0.385. The number of nitro benzene ring substituents is 1.